The summed E-state index contributed by atoms with van der Waals surface area (Å²) >= 11 is 6.09. The van der Waals surface area contributed by atoms with Crippen LogP contribution in [0.2, 0.25) is 5.02 Å². The molecule has 6 heteroatoms. The number of rotatable bonds is 7. The zero-order valence-electron chi connectivity index (χ0n) is 21.5. The SMILES string of the molecule is CCOc1ccc([C@H]2C(C(=O)OCc3ccccc3)=C(C)N=C3C[C@H](c4ccc(Cl)cc4)CC(=O)C32)cc1. The summed E-state index contributed by atoms with van der Waals surface area (Å²) in [6.07, 6.45) is 1.03. The van der Waals surface area contributed by atoms with Crippen LogP contribution in [0.4, 0.5) is 0 Å². The zero-order valence-corrected chi connectivity index (χ0v) is 22.3. The van der Waals surface area contributed by atoms with Crippen molar-refractivity contribution in [2.45, 2.75) is 45.1 Å². The molecule has 3 aromatic carbocycles. The second-order valence-corrected chi connectivity index (χ2v) is 10.2. The number of fused-ring (bicyclic) bond motifs is 1. The Labute approximate surface area is 228 Å². The topological polar surface area (TPSA) is 65.0 Å². The molecular formula is C32H30ClNO4. The van der Waals surface area contributed by atoms with Crippen LogP contribution in [0.25, 0.3) is 0 Å². The maximum absolute atomic E-state index is 13.8. The van der Waals surface area contributed by atoms with Crippen LogP contribution in [-0.4, -0.2) is 24.1 Å². The summed E-state index contributed by atoms with van der Waals surface area (Å²) in [5.74, 6) is -0.585. The first-order valence-electron chi connectivity index (χ1n) is 12.9. The molecule has 0 aromatic heterocycles. The first kappa shape index (κ1) is 25.9. The Morgan fingerprint density at radius 2 is 1.61 bits per heavy atom. The van der Waals surface area contributed by atoms with Crippen molar-refractivity contribution in [2.24, 2.45) is 10.9 Å². The number of aliphatic imine (C=N–C) groups is 1. The van der Waals surface area contributed by atoms with Gasteiger partial charge < -0.3 is 9.47 Å². The number of halogens is 1. The van der Waals surface area contributed by atoms with Crippen LogP contribution in [0.3, 0.4) is 0 Å². The third-order valence-corrected chi connectivity index (χ3v) is 7.53. The normalized spacial score (nSPS) is 21.0. The molecule has 1 saturated carbocycles. The van der Waals surface area contributed by atoms with Crippen molar-refractivity contribution in [3.63, 3.8) is 0 Å². The van der Waals surface area contributed by atoms with Crippen LogP contribution < -0.4 is 4.74 Å². The van der Waals surface area contributed by atoms with Gasteiger partial charge in [0.1, 0.15) is 18.1 Å². The Morgan fingerprint density at radius 3 is 2.29 bits per heavy atom. The minimum atomic E-state index is -0.514. The van der Waals surface area contributed by atoms with E-state index in [1.54, 1.807) is 0 Å². The van der Waals surface area contributed by atoms with Gasteiger partial charge in [-0.3, -0.25) is 9.79 Å². The van der Waals surface area contributed by atoms with Crippen LogP contribution in [0.5, 0.6) is 5.75 Å². The number of ketones is 1. The standard InChI is InChI=1S/C32H30ClNO4/c1-3-37-26-15-11-23(12-16-26)30-29(32(36)38-19-21-7-5-4-6-8-21)20(2)34-27-17-24(18-28(35)31(27)30)22-9-13-25(33)14-10-22/h4-16,24,30-31H,3,17-19H2,1-2H3/t24-,30-,31?/m0/s1. The lowest BCUT2D eigenvalue weighted by atomic mass is 9.66. The van der Waals surface area contributed by atoms with Gasteiger partial charge in [-0.25, -0.2) is 4.79 Å². The lowest BCUT2D eigenvalue weighted by Crippen LogP contribution is -2.41. The Hall–Kier alpha value is -3.70. The highest BCUT2D eigenvalue weighted by Gasteiger charge is 2.46. The molecule has 0 N–H and O–H groups in total. The third-order valence-electron chi connectivity index (χ3n) is 7.28. The molecule has 5 nitrogen and oxygen atoms in total. The summed E-state index contributed by atoms with van der Waals surface area (Å²) in [6.45, 7) is 4.48. The molecular weight excluding hydrogens is 498 g/mol. The molecule has 3 atom stereocenters. The Morgan fingerprint density at radius 1 is 0.921 bits per heavy atom. The van der Waals surface area contributed by atoms with E-state index >= 15 is 0 Å². The van der Waals surface area contributed by atoms with Crippen molar-refractivity contribution >= 4 is 29.1 Å². The number of carbonyl (C=O) groups is 2. The first-order chi connectivity index (χ1) is 18.4. The molecule has 1 aliphatic carbocycles. The van der Waals surface area contributed by atoms with E-state index in [1.807, 2.05) is 92.7 Å². The summed E-state index contributed by atoms with van der Waals surface area (Å²) in [7, 11) is 0. The first-order valence-corrected chi connectivity index (χ1v) is 13.3. The lowest BCUT2D eigenvalue weighted by molar-refractivity contribution is -0.140. The quantitative estimate of drug-likeness (QED) is 0.309. The summed E-state index contributed by atoms with van der Waals surface area (Å²) in [6, 6.07) is 24.9. The number of ether oxygens (including phenoxy) is 2. The number of hydrogen-bond acceptors (Lipinski definition) is 5. The average Bonchev–Trinajstić information content (AvgIpc) is 2.92. The Kier molecular flexibility index (Phi) is 7.75. The van der Waals surface area contributed by atoms with Crippen LogP contribution in [-0.2, 0) is 20.9 Å². The van der Waals surface area contributed by atoms with E-state index in [1.165, 1.54) is 0 Å². The monoisotopic (exact) mass is 527 g/mol. The molecule has 194 valence electrons. The molecule has 2 aliphatic rings. The van der Waals surface area contributed by atoms with Crippen LogP contribution in [0, 0.1) is 5.92 Å². The number of Topliss-reactive ketones (excluding diaryl/α,β-unsaturated/α-hetero) is 1. The molecule has 0 spiro atoms. The van der Waals surface area contributed by atoms with Gasteiger partial charge in [0.25, 0.3) is 0 Å². The van der Waals surface area contributed by atoms with Crippen molar-refractivity contribution in [2.75, 3.05) is 6.61 Å². The van der Waals surface area contributed by atoms with E-state index in [4.69, 9.17) is 26.1 Å². The van der Waals surface area contributed by atoms with Crippen molar-refractivity contribution in [3.05, 3.63) is 112 Å². The second-order valence-electron chi connectivity index (χ2n) is 9.74. The molecule has 0 radical (unpaired) electrons. The highest BCUT2D eigenvalue weighted by Crippen LogP contribution is 2.46. The van der Waals surface area contributed by atoms with Crippen LogP contribution in [0.15, 0.2) is 95.1 Å². The number of benzene rings is 3. The van der Waals surface area contributed by atoms with Gasteiger partial charge in [0.2, 0.25) is 0 Å². The number of hydrogen-bond donors (Lipinski definition) is 0. The van der Waals surface area contributed by atoms with Gasteiger partial charge in [0.05, 0.1) is 18.1 Å². The average molecular weight is 528 g/mol. The number of carbonyl (C=O) groups excluding carboxylic acids is 2. The van der Waals surface area contributed by atoms with Gasteiger partial charge >= 0.3 is 5.97 Å². The molecule has 1 aliphatic heterocycles. The molecule has 38 heavy (non-hydrogen) atoms. The lowest BCUT2D eigenvalue weighted by Gasteiger charge is -2.38. The predicted molar refractivity (Wildman–Crippen MR) is 149 cm³/mol. The Bertz CT molecular complexity index is 1380. The van der Waals surface area contributed by atoms with E-state index in [0.29, 0.717) is 35.7 Å². The molecule has 0 amide bonds. The summed E-state index contributed by atoms with van der Waals surface area (Å²) < 4.78 is 11.4. The fourth-order valence-electron chi connectivity index (χ4n) is 5.51. The number of allylic oxidation sites excluding steroid dienone is 1. The van der Waals surface area contributed by atoms with Gasteiger partial charge in [-0.1, -0.05) is 66.2 Å². The fraction of sp³-hybridized carbons (Fsp3) is 0.281. The molecule has 0 bridgehead atoms. The molecule has 3 aromatic rings. The van der Waals surface area contributed by atoms with Gasteiger partial charge in [-0.2, -0.15) is 0 Å². The molecule has 0 saturated heterocycles. The third kappa shape index (κ3) is 5.44. The molecule has 1 fully saturated rings. The largest absolute Gasteiger partial charge is 0.494 e. The van der Waals surface area contributed by atoms with Gasteiger partial charge in [-0.15, -0.1) is 0 Å². The van der Waals surface area contributed by atoms with Gasteiger partial charge in [0.15, 0.2) is 0 Å². The molecule has 1 heterocycles. The Balaban J connectivity index is 1.51. The van der Waals surface area contributed by atoms with Crippen LogP contribution in [0.1, 0.15) is 55.2 Å². The fourth-order valence-corrected chi connectivity index (χ4v) is 5.64. The predicted octanol–water partition coefficient (Wildman–Crippen LogP) is 7.06. The van der Waals surface area contributed by atoms with Crippen molar-refractivity contribution in [3.8, 4) is 5.75 Å². The summed E-state index contributed by atoms with van der Waals surface area (Å²) in [4.78, 5) is 32.2. The number of nitrogens with zero attached hydrogens (tertiary/aromatic N) is 1. The van der Waals surface area contributed by atoms with Crippen molar-refractivity contribution in [1.82, 2.24) is 0 Å². The second kappa shape index (κ2) is 11.4. The minimum Gasteiger partial charge on any atom is -0.494 e. The van der Waals surface area contributed by atoms with E-state index in [-0.39, 0.29) is 18.3 Å². The maximum atomic E-state index is 13.8. The summed E-state index contributed by atoms with van der Waals surface area (Å²) in [5, 5.41) is 0.664. The molecule has 1 unspecified atom stereocenters. The smallest absolute Gasteiger partial charge is 0.336 e. The van der Waals surface area contributed by atoms with E-state index < -0.39 is 17.8 Å². The summed E-state index contributed by atoms with van der Waals surface area (Å²) in [5.41, 5.74) is 4.69. The van der Waals surface area contributed by atoms with Gasteiger partial charge in [-0.05, 0) is 67.1 Å². The van der Waals surface area contributed by atoms with Crippen LogP contribution >= 0.6 is 11.6 Å². The van der Waals surface area contributed by atoms with E-state index in [2.05, 4.69) is 0 Å². The minimum absolute atomic E-state index is 0.0233. The van der Waals surface area contributed by atoms with E-state index in [9.17, 15) is 9.59 Å². The molecule has 5 rings (SSSR count). The van der Waals surface area contributed by atoms with Gasteiger partial charge in [0, 0.05) is 28.8 Å². The maximum Gasteiger partial charge on any atom is 0.336 e. The van der Waals surface area contributed by atoms with Crippen molar-refractivity contribution < 1.29 is 19.1 Å². The highest BCUT2D eigenvalue weighted by molar-refractivity contribution is 6.30. The van der Waals surface area contributed by atoms with Crippen molar-refractivity contribution in [1.29, 1.82) is 0 Å². The van der Waals surface area contributed by atoms with E-state index in [0.717, 1.165) is 28.2 Å². The zero-order chi connectivity index (χ0) is 26.6. The number of esters is 1. The highest BCUT2D eigenvalue weighted by atomic mass is 35.5.